The Morgan fingerprint density at radius 3 is 2.67 bits per heavy atom. The molecule has 1 aliphatic heterocycles. The topological polar surface area (TPSA) is 27.7 Å². The highest BCUT2D eigenvalue weighted by Crippen LogP contribution is 2.29. The van der Waals surface area contributed by atoms with Gasteiger partial charge in [0.25, 0.3) is 0 Å². The highest BCUT2D eigenvalue weighted by molar-refractivity contribution is 6.30. The third-order valence-corrected chi connectivity index (χ3v) is 3.69. The zero-order valence-electron chi connectivity index (χ0n) is 11.8. The number of benzene rings is 2. The molecule has 110 valence electrons. The van der Waals surface area contributed by atoms with Gasteiger partial charge in [0.2, 0.25) is 0 Å². The molecule has 0 spiro atoms. The van der Waals surface area contributed by atoms with E-state index >= 15 is 0 Å². The minimum atomic E-state index is -0.322. The highest BCUT2D eigenvalue weighted by atomic mass is 35.5. The predicted octanol–water partition coefficient (Wildman–Crippen LogP) is 4.27. The van der Waals surface area contributed by atoms with Crippen LogP contribution in [0.2, 0.25) is 5.02 Å². The summed E-state index contributed by atoms with van der Waals surface area (Å²) >= 11 is 6.10. The standard InChI is InChI=1S/C17H17ClO3/c1-12-4-2-3-5-16(12)21-11-13-10-14(18)6-7-15(13)17-19-8-9-20-17/h2-7,10,17H,8-9,11H2,1H3. The van der Waals surface area contributed by atoms with Crippen LogP contribution in [0.25, 0.3) is 0 Å². The number of ether oxygens (including phenoxy) is 3. The van der Waals surface area contributed by atoms with E-state index in [2.05, 4.69) is 0 Å². The Morgan fingerprint density at radius 2 is 1.90 bits per heavy atom. The Kier molecular flexibility index (Phi) is 4.44. The SMILES string of the molecule is Cc1ccccc1OCc1cc(Cl)ccc1C1OCCO1. The molecule has 3 nitrogen and oxygen atoms in total. The summed E-state index contributed by atoms with van der Waals surface area (Å²) in [6.45, 7) is 3.69. The van der Waals surface area contributed by atoms with Gasteiger partial charge >= 0.3 is 0 Å². The van der Waals surface area contributed by atoms with Gasteiger partial charge in [-0.1, -0.05) is 35.9 Å². The van der Waals surface area contributed by atoms with E-state index < -0.39 is 0 Å². The highest BCUT2D eigenvalue weighted by Gasteiger charge is 2.21. The molecule has 0 N–H and O–H groups in total. The second-order valence-electron chi connectivity index (χ2n) is 4.97. The van der Waals surface area contributed by atoms with Gasteiger partial charge in [0.05, 0.1) is 13.2 Å². The number of halogens is 1. The van der Waals surface area contributed by atoms with E-state index in [0.717, 1.165) is 22.4 Å². The largest absolute Gasteiger partial charge is 0.489 e. The minimum absolute atomic E-state index is 0.322. The van der Waals surface area contributed by atoms with Crippen LogP contribution >= 0.6 is 11.6 Å². The molecule has 0 unspecified atom stereocenters. The predicted molar refractivity (Wildman–Crippen MR) is 81.6 cm³/mol. The van der Waals surface area contributed by atoms with Crippen molar-refractivity contribution in [2.75, 3.05) is 13.2 Å². The van der Waals surface area contributed by atoms with E-state index in [1.165, 1.54) is 0 Å². The molecular weight excluding hydrogens is 288 g/mol. The number of hydrogen-bond donors (Lipinski definition) is 0. The van der Waals surface area contributed by atoms with Crippen molar-refractivity contribution in [2.45, 2.75) is 19.8 Å². The third kappa shape index (κ3) is 3.38. The van der Waals surface area contributed by atoms with Crippen LogP contribution in [0.15, 0.2) is 42.5 Å². The van der Waals surface area contributed by atoms with Gasteiger partial charge in [0.1, 0.15) is 12.4 Å². The van der Waals surface area contributed by atoms with Crippen LogP contribution in [0, 0.1) is 6.92 Å². The zero-order valence-corrected chi connectivity index (χ0v) is 12.6. The van der Waals surface area contributed by atoms with Crippen molar-refractivity contribution >= 4 is 11.6 Å². The van der Waals surface area contributed by atoms with E-state index in [1.54, 1.807) is 0 Å². The summed E-state index contributed by atoms with van der Waals surface area (Å²) in [5, 5.41) is 0.681. The maximum Gasteiger partial charge on any atom is 0.184 e. The van der Waals surface area contributed by atoms with E-state index in [9.17, 15) is 0 Å². The Balaban J connectivity index is 1.80. The van der Waals surface area contributed by atoms with Gasteiger partial charge in [0.15, 0.2) is 6.29 Å². The minimum Gasteiger partial charge on any atom is -0.489 e. The first-order chi connectivity index (χ1) is 10.2. The lowest BCUT2D eigenvalue weighted by molar-refractivity contribution is -0.0451. The first kappa shape index (κ1) is 14.4. The van der Waals surface area contributed by atoms with Gasteiger partial charge in [-0.05, 0) is 36.2 Å². The quantitative estimate of drug-likeness (QED) is 0.844. The van der Waals surface area contributed by atoms with Crippen molar-refractivity contribution in [1.29, 1.82) is 0 Å². The molecule has 0 amide bonds. The molecule has 1 aliphatic rings. The first-order valence-electron chi connectivity index (χ1n) is 6.94. The molecule has 2 aromatic rings. The van der Waals surface area contributed by atoms with Crippen LogP contribution < -0.4 is 4.74 Å². The number of para-hydroxylation sites is 1. The maximum absolute atomic E-state index is 6.10. The molecule has 0 saturated carbocycles. The van der Waals surface area contributed by atoms with Crippen molar-refractivity contribution in [3.63, 3.8) is 0 Å². The van der Waals surface area contributed by atoms with Crippen LogP contribution in [-0.4, -0.2) is 13.2 Å². The Hall–Kier alpha value is -1.55. The lowest BCUT2D eigenvalue weighted by Crippen LogP contribution is -2.06. The van der Waals surface area contributed by atoms with Gasteiger partial charge in [-0.25, -0.2) is 0 Å². The summed E-state index contributed by atoms with van der Waals surface area (Å²) < 4.78 is 17.1. The Morgan fingerprint density at radius 1 is 1.14 bits per heavy atom. The van der Waals surface area contributed by atoms with E-state index in [4.69, 9.17) is 25.8 Å². The molecule has 1 saturated heterocycles. The molecule has 0 aliphatic carbocycles. The summed E-state index contributed by atoms with van der Waals surface area (Å²) in [7, 11) is 0. The first-order valence-corrected chi connectivity index (χ1v) is 7.32. The molecule has 1 fully saturated rings. The molecule has 3 rings (SSSR count). The summed E-state index contributed by atoms with van der Waals surface area (Å²) in [4.78, 5) is 0. The third-order valence-electron chi connectivity index (χ3n) is 3.46. The fourth-order valence-corrected chi connectivity index (χ4v) is 2.54. The molecule has 21 heavy (non-hydrogen) atoms. The van der Waals surface area contributed by atoms with Crippen LogP contribution in [0.5, 0.6) is 5.75 Å². The summed E-state index contributed by atoms with van der Waals surface area (Å²) in [5.74, 6) is 0.872. The fraction of sp³-hybridized carbons (Fsp3) is 0.294. The number of aryl methyl sites for hydroxylation is 1. The number of hydrogen-bond acceptors (Lipinski definition) is 3. The van der Waals surface area contributed by atoms with Crippen LogP contribution in [0.1, 0.15) is 23.0 Å². The van der Waals surface area contributed by atoms with E-state index in [1.807, 2.05) is 49.4 Å². The fourth-order valence-electron chi connectivity index (χ4n) is 2.34. The van der Waals surface area contributed by atoms with E-state index in [0.29, 0.717) is 24.8 Å². The summed E-state index contributed by atoms with van der Waals surface area (Å²) in [5.41, 5.74) is 3.07. The molecule has 4 heteroatoms. The second kappa shape index (κ2) is 6.48. The molecule has 0 bridgehead atoms. The summed E-state index contributed by atoms with van der Waals surface area (Å²) in [6, 6.07) is 13.6. The monoisotopic (exact) mass is 304 g/mol. The van der Waals surface area contributed by atoms with Crippen LogP contribution in [0.3, 0.4) is 0 Å². The van der Waals surface area contributed by atoms with Crippen molar-refractivity contribution < 1.29 is 14.2 Å². The van der Waals surface area contributed by atoms with Crippen molar-refractivity contribution in [1.82, 2.24) is 0 Å². The van der Waals surface area contributed by atoms with E-state index in [-0.39, 0.29) is 6.29 Å². The number of rotatable bonds is 4. The van der Waals surface area contributed by atoms with Gasteiger partial charge in [0, 0.05) is 10.6 Å². The Bertz CT molecular complexity index is 621. The second-order valence-corrected chi connectivity index (χ2v) is 5.41. The normalized spacial score (nSPS) is 15.3. The molecule has 0 atom stereocenters. The van der Waals surface area contributed by atoms with Gasteiger partial charge in [-0.2, -0.15) is 0 Å². The zero-order chi connectivity index (χ0) is 14.7. The molecule has 0 aromatic heterocycles. The Labute approximate surface area is 129 Å². The smallest absolute Gasteiger partial charge is 0.184 e. The average Bonchev–Trinajstić information content (AvgIpc) is 3.00. The van der Waals surface area contributed by atoms with Crippen molar-refractivity contribution in [3.8, 4) is 5.75 Å². The maximum atomic E-state index is 6.10. The van der Waals surface area contributed by atoms with Crippen molar-refractivity contribution in [3.05, 3.63) is 64.2 Å². The average molecular weight is 305 g/mol. The van der Waals surface area contributed by atoms with Gasteiger partial charge < -0.3 is 14.2 Å². The molecule has 0 radical (unpaired) electrons. The van der Waals surface area contributed by atoms with Gasteiger partial charge in [-0.15, -0.1) is 0 Å². The van der Waals surface area contributed by atoms with Crippen LogP contribution in [-0.2, 0) is 16.1 Å². The lowest BCUT2D eigenvalue weighted by Gasteiger charge is -2.16. The van der Waals surface area contributed by atoms with Gasteiger partial charge in [-0.3, -0.25) is 0 Å². The molecular formula is C17H17ClO3. The lowest BCUT2D eigenvalue weighted by atomic mass is 10.1. The van der Waals surface area contributed by atoms with Crippen molar-refractivity contribution in [2.24, 2.45) is 0 Å². The summed E-state index contributed by atoms with van der Waals surface area (Å²) in [6.07, 6.45) is -0.322. The molecule has 1 heterocycles. The van der Waals surface area contributed by atoms with Crippen LogP contribution in [0.4, 0.5) is 0 Å². The molecule has 2 aromatic carbocycles.